The summed E-state index contributed by atoms with van der Waals surface area (Å²) >= 11 is 0.789. The molecule has 1 aromatic carbocycles. The highest BCUT2D eigenvalue weighted by Crippen LogP contribution is 2.39. The number of carbonyl (C=O) groups is 1. The van der Waals surface area contributed by atoms with Crippen LogP contribution < -0.4 is 9.62 Å². The first-order valence-electron chi connectivity index (χ1n) is 11.3. The Morgan fingerprint density at radius 2 is 2.03 bits per heavy atom. The average Bonchev–Trinajstić information content (AvgIpc) is 3.28. The molecule has 0 unspecified atom stereocenters. The number of hydrogen-bond donors (Lipinski definition) is 1. The van der Waals surface area contributed by atoms with E-state index in [4.69, 9.17) is 4.74 Å². The van der Waals surface area contributed by atoms with Gasteiger partial charge < -0.3 is 9.64 Å². The number of azo groups is 1. The van der Waals surface area contributed by atoms with Crippen LogP contribution in [-0.4, -0.2) is 49.8 Å². The van der Waals surface area contributed by atoms with Crippen LogP contribution in [0.25, 0.3) is 0 Å². The van der Waals surface area contributed by atoms with Gasteiger partial charge in [0.2, 0.25) is 5.01 Å². The number of sulfonamides is 1. The van der Waals surface area contributed by atoms with E-state index in [1.807, 2.05) is 25.7 Å². The zero-order valence-corrected chi connectivity index (χ0v) is 21.6. The molecule has 0 bridgehead atoms. The van der Waals surface area contributed by atoms with Crippen molar-refractivity contribution in [2.75, 3.05) is 29.3 Å². The van der Waals surface area contributed by atoms with Crippen LogP contribution in [0.5, 0.6) is 0 Å². The molecule has 0 spiro atoms. The molecule has 10 nitrogen and oxygen atoms in total. The number of aromatic nitrogens is 2. The van der Waals surface area contributed by atoms with Gasteiger partial charge in [0.05, 0.1) is 12.3 Å². The quantitative estimate of drug-likeness (QED) is 0.303. The van der Waals surface area contributed by atoms with Gasteiger partial charge in [0.1, 0.15) is 5.69 Å². The van der Waals surface area contributed by atoms with Crippen molar-refractivity contribution in [3.8, 4) is 0 Å². The summed E-state index contributed by atoms with van der Waals surface area (Å²) in [7, 11) is -5.69. The van der Waals surface area contributed by atoms with Crippen LogP contribution in [0.15, 0.2) is 22.4 Å². The minimum absolute atomic E-state index is 0.0431. The minimum Gasteiger partial charge on any atom is -0.460 e. The number of carbonyl (C=O) groups excluding carboxylic acids is 1. The van der Waals surface area contributed by atoms with E-state index in [0.717, 1.165) is 36.2 Å². The average molecular weight is 549 g/mol. The van der Waals surface area contributed by atoms with Gasteiger partial charge in [-0.3, -0.25) is 4.72 Å². The monoisotopic (exact) mass is 548 g/mol. The Morgan fingerprint density at radius 1 is 1.28 bits per heavy atom. The van der Waals surface area contributed by atoms with Crippen molar-refractivity contribution in [3.63, 3.8) is 0 Å². The Morgan fingerprint density at radius 3 is 2.69 bits per heavy atom. The number of alkyl halides is 3. The van der Waals surface area contributed by atoms with Crippen molar-refractivity contribution < 1.29 is 31.1 Å². The number of nitrogens with zero attached hydrogens (tertiary/aromatic N) is 5. The Hall–Kier alpha value is -2.81. The van der Waals surface area contributed by atoms with Gasteiger partial charge in [-0.1, -0.05) is 38.5 Å². The van der Waals surface area contributed by atoms with Crippen molar-refractivity contribution in [1.82, 2.24) is 10.2 Å². The molecule has 3 rings (SSSR count). The van der Waals surface area contributed by atoms with E-state index in [0.29, 0.717) is 25.2 Å². The molecule has 0 atom stereocenters. The summed E-state index contributed by atoms with van der Waals surface area (Å²) in [4.78, 5) is 14.1. The highest BCUT2D eigenvalue weighted by molar-refractivity contribution is 7.93. The molecule has 0 amide bonds. The van der Waals surface area contributed by atoms with Crippen LogP contribution in [-0.2, 0) is 21.2 Å². The topological polar surface area (TPSA) is 126 Å². The summed E-state index contributed by atoms with van der Waals surface area (Å²) in [5.41, 5.74) is -4.52. The number of rotatable bonds is 10. The molecule has 0 radical (unpaired) electrons. The van der Waals surface area contributed by atoms with Crippen LogP contribution in [0.2, 0.25) is 0 Å². The van der Waals surface area contributed by atoms with Gasteiger partial charge in [-0.2, -0.15) is 21.6 Å². The first-order valence-corrected chi connectivity index (χ1v) is 13.6. The summed E-state index contributed by atoms with van der Waals surface area (Å²) in [5, 5.41) is 15.2. The number of aryl methyl sites for hydroxylation is 1. The Balaban J connectivity index is 1.94. The molecule has 1 aliphatic heterocycles. The van der Waals surface area contributed by atoms with Gasteiger partial charge in [-0.15, -0.1) is 20.4 Å². The fourth-order valence-electron chi connectivity index (χ4n) is 3.38. The number of fused-ring (bicyclic) bond motifs is 1. The van der Waals surface area contributed by atoms with E-state index >= 15 is 0 Å². The number of ether oxygens (including phenoxy) is 1. The zero-order valence-electron chi connectivity index (χ0n) is 20.0. The molecule has 198 valence electrons. The Bertz CT molecular complexity index is 1210. The molecule has 1 aliphatic rings. The maximum Gasteiger partial charge on any atom is 0.516 e. The third kappa shape index (κ3) is 6.90. The molecule has 0 saturated heterocycles. The molecule has 2 aromatic rings. The standard InChI is InChI=1S/C21H27F3N6O4S2/c1-4-5-8-30-9-6-7-14-10-15(16(11-17(14)30)29-36(32,33)21(22,23)24)25-27-20-28-26-18(35-20)19(31)34-12-13(2)3/h10-11,13,29H,4-9,12H2,1-3H3. The fourth-order valence-corrected chi connectivity index (χ4v) is 4.51. The normalized spacial score (nSPS) is 14.4. The summed E-state index contributed by atoms with van der Waals surface area (Å²) in [5.74, 6) is -0.552. The lowest BCUT2D eigenvalue weighted by atomic mass is 10.00. The minimum atomic E-state index is -5.69. The fraction of sp³-hybridized carbons (Fsp3) is 0.571. The predicted octanol–water partition coefficient (Wildman–Crippen LogP) is 5.58. The zero-order chi connectivity index (χ0) is 26.5. The van der Waals surface area contributed by atoms with Crippen molar-refractivity contribution in [2.45, 2.75) is 52.0 Å². The third-order valence-electron chi connectivity index (χ3n) is 5.12. The van der Waals surface area contributed by atoms with Gasteiger partial charge >= 0.3 is 21.5 Å². The van der Waals surface area contributed by atoms with Gasteiger partial charge in [0.15, 0.2) is 0 Å². The first kappa shape index (κ1) is 27.8. The molecule has 0 aliphatic carbocycles. The molecule has 0 fully saturated rings. The van der Waals surface area contributed by atoms with E-state index in [2.05, 4.69) is 20.4 Å². The van der Waals surface area contributed by atoms with Gasteiger partial charge in [0, 0.05) is 18.8 Å². The van der Waals surface area contributed by atoms with Crippen LogP contribution in [0, 0.1) is 5.92 Å². The molecular weight excluding hydrogens is 521 g/mol. The lowest BCUT2D eigenvalue weighted by Gasteiger charge is -2.32. The highest BCUT2D eigenvalue weighted by Gasteiger charge is 2.46. The molecule has 36 heavy (non-hydrogen) atoms. The number of esters is 1. The SMILES string of the molecule is CCCCN1CCCc2cc(N=Nc3nnc(C(=O)OCC(C)C)s3)c(NS(=O)(=O)C(F)(F)F)cc21. The maximum atomic E-state index is 13.1. The lowest BCUT2D eigenvalue weighted by Crippen LogP contribution is -2.32. The molecular formula is C21H27F3N6O4S2. The lowest BCUT2D eigenvalue weighted by molar-refractivity contribution is -0.0429. The second-order valence-electron chi connectivity index (χ2n) is 8.58. The Kier molecular flexibility index (Phi) is 8.87. The van der Waals surface area contributed by atoms with Crippen LogP contribution in [0.1, 0.15) is 55.4 Å². The molecule has 2 heterocycles. The second-order valence-corrected chi connectivity index (χ2v) is 11.2. The van der Waals surface area contributed by atoms with E-state index in [-0.39, 0.29) is 34.0 Å². The molecule has 15 heteroatoms. The predicted molar refractivity (Wildman–Crippen MR) is 130 cm³/mol. The number of nitrogens with one attached hydrogen (secondary N) is 1. The molecule has 0 saturated carbocycles. The van der Waals surface area contributed by atoms with Gasteiger partial charge in [0.25, 0.3) is 5.13 Å². The molecule has 1 aromatic heterocycles. The van der Waals surface area contributed by atoms with E-state index in [1.165, 1.54) is 12.1 Å². The summed E-state index contributed by atoms with van der Waals surface area (Å²) in [6.07, 6.45) is 3.29. The van der Waals surface area contributed by atoms with Crippen LogP contribution in [0.4, 0.5) is 35.4 Å². The van der Waals surface area contributed by atoms with Gasteiger partial charge in [-0.05, 0) is 42.9 Å². The number of anilines is 2. The van der Waals surface area contributed by atoms with Crippen LogP contribution >= 0.6 is 11.3 Å². The van der Waals surface area contributed by atoms with E-state index < -0.39 is 21.5 Å². The van der Waals surface area contributed by atoms with Crippen LogP contribution in [0.3, 0.4) is 0 Å². The van der Waals surface area contributed by atoms with Crippen molar-refractivity contribution in [2.24, 2.45) is 16.1 Å². The number of halogens is 3. The summed E-state index contributed by atoms with van der Waals surface area (Å²) in [6, 6.07) is 2.88. The maximum absolute atomic E-state index is 13.1. The molecule has 1 N–H and O–H groups in total. The summed E-state index contributed by atoms with van der Waals surface area (Å²) < 4.78 is 69.7. The van der Waals surface area contributed by atoms with Crippen molar-refractivity contribution in [3.05, 3.63) is 22.7 Å². The summed E-state index contributed by atoms with van der Waals surface area (Å²) in [6.45, 7) is 7.37. The van der Waals surface area contributed by atoms with Crippen molar-refractivity contribution in [1.29, 1.82) is 0 Å². The second kappa shape index (κ2) is 11.5. The number of unbranched alkanes of at least 4 members (excludes halogenated alkanes) is 1. The van der Waals surface area contributed by atoms with Gasteiger partial charge in [-0.25, -0.2) is 4.79 Å². The Labute approximate surface area is 211 Å². The smallest absolute Gasteiger partial charge is 0.460 e. The highest BCUT2D eigenvalue weighted by atomic mass is 32.2. The van der Waals surface area contributed by atoms with E-state index in [1.54, 1.807) is 4.72 Å². The number of benzene rings is 1. The van der Waals surface area contributed by atoms with E-state index in [9.17, 15) is 26.4 Å². The third-order valence-corrected chi connectivity index (χ3v) is 7.01. The largest absolute Gasteiger partial charge is 0.516 e. The number of hydrogen-bond acceptors (Lipinski definition) is 10. The first-order chi connectivity index (χ1) is 16.9. The van der Waals surface area contributed by atoms with Crippen molar-refractivity contribution >= 4 is 49.5 Å².